The van der Waals surface area contributed by atoms with Crippen LogP contribution >= 0.6 is 12.2 Å². The number of allylic oxidation sites excluding steroid dienone is 9. The fourth-order valence-electron chi connectivity index (χ4n) is 2.84. The summed E-state index contributed by atoms with van der Waals surface area (Å²) in [4.78, 5) is 0. The first-order chi connectivity index (χ1) is 15.5. The zero-order chi connectivity index (χ0) is 25.3. The lowest BCUT2D eigenvalue weighted by Gasteiger charge is -2.31. The number of hydrogen-bond donors (Lipinski definition) is 2. The van der Waals surface area contributed by atoms with Gasteiger partial charge in [0.25, 0.3) is 0 Å². The normalized spacial score (nSPS) is 17.2. The minimum Gasteiger partial charge on any atom is -0.390 e. The fraction of sp³-hybridized carbons (Fsp3) is 0.500. The first-order valence-corrected chi connectivity index (χ1v) is 12.1. The zero-order valence-corrected chi connectivity index (χ0v) is 22.5. The summed E-state index contributed by atoms with van der Waals surface area (Å²) >= 11 is 4.73. The van der Waals surface area contributed by atoms with Crippen LogP contribution in [0.3, 0.4) is 0 Å². The molecule has 0 aromatic heterocycles. The molecule has 0 radical (unpaired) electrons. The highest BCUT2D eigenvalue weighted by Gasteiger charge is 2.24. The lowest BCUT2D eigenvalue weighted by atomic mass is 9.74. The van der Waals surface area contributed by atoms with Gasteiger partial charge in [0.15, 0.2) is 0 Å². The number of nitrogens with zero attached hydrogens (tertiary/aromatic N) is 2. The molecule has 2 N–H and O–H groups in total. The van der Waals surface area contributed by atoms with E-state index in [4.69, 9.17) is 12.2 Å². The molecule has 1 aliphatic rings. The van der Waals surface area contributed by atoms with E-state index < -0.39 is 0 Å². The molecule has 0 aliphatic heterocycles. The van der Waals surface area contributed by atoms with Gasteiger partial charge in [-0.1, -0.05) is 103 Å². The van der Waals surface area contributed by atoms with Crippen molar-refractivity contribution in [1.29, 1.82) is 0 Å². The first kappa shape index (κ1) is 30.8. The number of thiocarbonyl (C=S) groups is 1. The Balaban J connectivity index is 0.000000771. The predicted octanol–water partition coefficient (Wildman–Crippen LogP) is 7.29. The molecule has 33 heavy (non-hydrogen) atoms. The van der Waals surface area contributed by atoms with Crippen LogP contribution < -0.4 is 5.43 Å². The number of nitrogens with one attached hydrogen (secondary N) is 1. The Labute approximate surface area is 208 Å². The molecule has 0 fully saturated rings. The Morgan fingerprint density at radius 2 is 1.97 bits per heavy atom. The quantitative estimate of drug-likeness (QED) is 0.109. The van der Waals surface area contributed by atoms with Crippen LogP contribution in [0.5, 0.6) is 0 Å². The third-order valence-electron chi connectivity index (χ3n) is 5.42. The highest BCUT2D eigenvalue weighted by molar-refractivity contribution is 7.79. The molecule has 1 atom stereocenters. The second-order valence-corrected chi connectivity index (χ2v) is 10.2. The number of hydrogen-bond acceptors (Lipinski definition) is 5. The van der Waals surface area contributed by atoms with Crippen LogP contribution in [0.15, 0.2) is 77.8 Å². The van der Waals surface area contributed by atoms with Gasteiger partial charge in [-0.3, -0.25) is 5.43 Å². The van der Waals surface area contributed by atoms with Crippen molar-refractivity contribution in [2.75, 3.05) is 6.61 Å². The maximum Gasteiger partial charge on any atom is 0.0870 e. The van der Waals surface area contributed by atoms with Crippen molar-refractivity contribution in [2.45, 2.75) is 67.7 Å². The Kier molecular flexibility index (Phi) is 15.3. The smallest absolute Gasteiger partial charge is 0.0870 e. The Morgan fingerprint density at radius 1 is 1.27 bits per heavy atom. The largest absolute Gasteiger partial charge is 0.390 e. The highest BCUT2D eigenvalue weighted by Crippen LogP contribution is 2.35. The van der Waals surface area contributed by atoms with Crippen molar-refractivity contribution < 1.29 is 5.11 Å². The molecule has 5 heteroatoms. The minimum atomic E-state index is -0.145. The predicted molar refractivity (Wildman–Crippen MR) is 150 cm³/mol. The van der Waals surface area contributed by atoms with E-state index in [9.17, 15) is 5.11 Å². The van der Waals surface area contributed by atoms with Crippen LogP contribution in [0.25, 0.3) is 0 Å². The molecule has 184 valence electrons. The fourth-order valence-corrected chi connectivity index (χ4v) is 2.92. The molecule has 1 unspecified atom stereocenters. The average molecular weight is 472 g/mol. The van der Waals surface area contributed by atoms with Gasteiger partial charge in [0.2, 0.25) is 0 Å². The van der Waals surface area contributed by atoms with Crippen LogP contribution in [0, 0.1) is 16.7 Å². The number of aliphatic hydroxyl groups is 1. The minimum absolute atomic E-state index is 0.145. The Hall–Kier alpha value is -2.24. The van der Waals surface area contributed by atoms with Gasteiger partial charge >= 0.3 is 0 Å². The summed E-state index contributed by atoms with van der Waals surface area (Å²) in [7, 11) is 0. The lowest BCUT2D eigenvalue weighted by Crippen LogP contribution is -2.30. The molecule has 4 nitrogen and oxygen atoms in total. The van der Waals surface area contributed by atoms with E-state index in [1.54, 1.807) is 18.4 Å². The van der Waals surface area contributed by atoms with Crippen molar-refractivity contribution in [1.82, 2.24) is 10.5 Å². The highest BCUT2D eigenvalue weighted by atomic mass is 32.1. The van der Waals surface area contributed by atoms with E-state index in [0.717, 1.165) is 17.9 Å². The van der Waals surface area contributed by atoms with Crippen molar-refractivity contribution in [2.24, 2.45) is 21.8 Å². The number of hydrazone groups is 1. The van der Waals surface area contributed by atoms with Gasteiger partial charge in [0, 0.05) is 17.8 Å². The molecule has 0 aromatic rings. The SMILES string of the molecule is C=C/C=N/N(NC=CC=S)/C(=C/C(C)=C\CC(C)(C)C)CO.CCC(C)(C)C1C=CC=CC1. The van der Waals surface area contributed by atoms with Crippen LogP contribution in [0.2, 0.25) is 0 Å². The molecule has 1 rings (SSSR count). The van der Waals surface area contributed by atoms with Crippen LogP contribution in [-0.4, -0.2) is 28.4 Å². The molecule has 0 aromatic carbocycles. The van der Waals surface area contributed by atoms with Crippen molar-refractivity contribution in [3.8, 4) is 0 Å². The van der Waals surface area contributed by atoms with Gasteiger partial charge < -0.3 is 5.11 Å². The van der Waals surface area contributed by atoms with Gasteiger partial charge in [-0.05, 0) is 54.7 Å². The Bertz CT molecular complexity index is 765. The summed E-state index contributed by atoms with van der Waals surface area (Å²) in [5.41, 5.74) is 5.33. The second kappa shape index (κ2) is 16.4. The monoisotopic (exact) mass is 471 g/mol. The third-order valence-corrected chi connectivity index (χ3v) is 5.58. The summed E-state index contributed by atoms with van der Waals surface area (Å²) in [5.74, 6) is 0.748. The van der Waals surface area contributed by atoms with E-state index >= 15 is 0 Å². The maximum absolute atomic E-state index is 9.60. The number of aliphatic hydroxyl groups excluding tert-OH is 1. The molecule has 0 saturated carbocycles. The molecule has 0 heterocycles. The summed E-state index contributed by atoms with van der Waals surface area (Å²) in [6.45, 7) is 19.0. The summed E-state index contributed by atoms with van der Waals surface area (Å²) in [6.07, 6.45) is 22.8. The van der Waals surface area contributed by atoms with Gasteiger partial charge in [0.1, 0.15) is 0 Å². The molecular weight excluding hydrogens is 426 g/mol. The van der Waals surface area contributed by atoms with Crippen LogP contribution in [0.4, 0.5) is 0 Å². The summed E-state index contributed by atoms with van der Waals surface area (Å²) in [5, 5.41) is 16.7. The van der Waals surface area contributed by atoms with Crippen molar-refractivity contribution in [3.05, 3.63) is 72.7 Å². The Morgan fingerprint density at radius 3 is 2.45 bits per heavy atom. The van der Waals surface area contributed by atoms with Crippen molar-refractivity contribution in [3.63, 3.8) is 0 Å². The standard InChI is InChI=1S/C17H27N3OS.C11H18/c1-6-10-18-20(19-11-7-12-22)16(14-21)13-15(2)8-9-17(3,4)5;1-4-11(2,3)10-8-6-5-7-9-10/h6-8,10-13,19,21H,1,9,14H2,2-5H3;5-8,10H,4,9H2,1-3H3/b11-7?,15-8-,16-13+,18-10+;. The molecule has 0 amide bonds. The molecule has 1 aliphatic carbocycles. The molecule has 0 bridgehead atoms. The topological polar surface area (TPSA) is 47.9 Å². The summed E-state index contributed by atoms with van der Waals surface area (Å²) < 4.78 is 0. The van der Waals surface area contributed by atoms with Crippen molar-refractivity contribution >= 4 is 23.8 Å². The molecule has 0 spiro atoms. The summed E-state index contributed by atoms with van der Waals surface area (Å²) in [6, 6.07) is 0. The van der Waals surface area contributed by atoms with E-state index in [2.05, 4.69) is 89.0 Å². The van der Waals surface area contributed by atoms with Gasteiger partial charge in [-0.25, -0.2) is 0 Å². The number of rotatable bonds is 11. The second-order valence-electron chi connectivity index (χ2n) is 9.94. The zero-order valence-electron chi connectivity index (χ0n) is 21.7. The van der Waals surface area contributed by atoms with E-state index in [0.29, 0.717) is 11.1 Å². The van der Waals surface area contributed by atoms with E-state index in [1.807, 2.05) is 13.0 Å². The average Bonchev–Trinajstić information content (AvgIpc) is 2.79. The lowest BCUT2D eigenvalue weighted by molar-refractivity contribution is 0.228. The molecular formula is C28H45N3OS. The first-order valence-electron chi connectivity index (χ1n) is 11.6. The van der Waals surface area contributed by atoms with Crippen LogP contribution in [-0.2, 0) is 0 Å². The van der Waals surface area contributed by atoms with Crippen LogP contribution in [0.1, 0.15) is 67.7 Å². The third kappa shape index (κ3) is 14.5. The van der Waals surface area contributed by atoms with E-state index in [1.165, 1.54) is 29.5 Å². The van der Waals surface area contributed by atoms with Gasteiger partial charge in [-0.2, -0.15) is 10.2 Å². The van der Waals surface area contributed by atoms with Gasteiger partial charge in [-0.15, -0.1) is 0 Å². The number of hydrazine groups is 1. The van der Waals surface area contributed by atoms with E-state index in [-0.39, 0.29) is 12.0 Å². The molecule has 0 saturated heterocycles. The maximum atomic E-state index is 9.60. The van der Waals surface area contributed by atoms with Gasteiger partial charge in [0.05, 0.1) is 12.3 Å².